The Morgan fingerprint density at radius 2 is 2.24 bits per heavy atom. The Bertz CT molecular complexity index is 440. The van der Waals surface area contributed by atoms with Crippen molar-refractivity contribution in [3.8, 4) is 17.6 Å². The van der Waals surface area contributed by atoms with Crippen molar-refractivity contribution in [3.05, 3.63) is 23.8 Å². The minimum atomic E-state index is 0.00852. The van der Waals surface area contributed by atoms with Crippen LogP contribution in [0.15, 0.2) is 18.2 Å². The Morgan fingerprint density at radius 3 is 2.82 bits per heavy atom. The fourth-order valence-electron chi connectivity index (χ4n) is 2.08. The predicted molar refractivity (Wildman–Crippen MR) is 64.0 cm³/mol. The number of nitriles is 1. The van der Waals surface area contributed by atoms with Crippen LogP contribution in [0, 0.1) is 11.3 Å². The number of nitrogens with zero attached hydrogens (tertiary/aromatic N) is 1. The van der Waals surface area contributed by atoms with Gasteiger partial charge in [0.05, 0.1) is 12.7 Å². The number of hydrogen-bond acceptors (Lipinski definition) is 4. The summed E-state index contributed by atoms with van der Waals surface area (Å²) >= 11 is 0. The number of ether oxygens (including phenoxy) is 2. The van der Waals surface area contributed by atoms with Crippen LogP contribution >= 0.6 is 0 Å². The second-order valence-corrected chi connectivity index (χ2v) is 4.22. The summed E-state index contributed by atoms with van der Waals surface area (Å²) in [5, 5.41) is 9.02. The summed E-state index contributed by atoms with van der Waals surface area (Å²) in [4.78, 5) is 0. The predicted octanol–water partition coefficient (Wildman–Crippen LogP) is 1.83. The van der Waals surface area contributed by atoms with Crippen molar-refractivity contribution >= 4 is 0 Å². The van der Waals surface area contributed by atoms with Crippen molar-refractivity contribution in [2.24, 2.45) is 5.73 Å². The van der Waals surface area contributed by atoms with Gasteiger partial charge in [-0.1, -0.05) is 0 Å². The Labute approximate surface area is 101 Å². The van der Waals surface area contributed by atoms with E-state index in [2.05, 4.69) is 6.07 Å². The van der Waals surface area contributed by atoms with Gasteiger partial charge < -0.3 is 15.2 Å². The number of rotatable bonds is 3. The van der Waals surface area contributed by atoms with Gasteiger partial charge in [-0.3, -0.25) is 0 Å². The molecule has 2 unspecified atom stereocenters. The van der Waals surface area contributed by atoms with Crippen molar-refractivity contribution in [2.75, 3.05) is 7.11 Å². The van der Waals surface area contributed by atoms with Crippen LogP contribution in [-0.4, -0.2) is 19.3 Å². The first kappa shape index (κ1) is 11.7. The lowest BCUT2D eigenvalue weighted by Gasteiger charge is -2.19. The van der Waals surface area contributed by atoms with Crippen LogP contribution in [0.5, 0.6) is 11.5 Å². The fraction of sp³-hybridized carbons (Fsp3) is 0.462. The topological polar surface area (TPSA) is 68.3 Å². The minimum absolute atomic E-state index is 0.00852. The molecule has 0 saturated heterocycles. The third-order valence-corrected chi connectivity index (χ3v) is 3.09. The minimum Gasteiger partial charge on any atom is -0.497 e. The molecule has 0 heterocycles. The van der Waals surface area contributed by atoms with Gasteiger partial charge >= 0.3 is 0 Å². The molecule has 2 N–H and O–H groups in total. The quantitative estimate of drug-likeness (QED) is 0.863. The van der Waals surface area contributed by atoms with Gasteiger partial charge in [-0.2, -0.15) is 5.26 Å². The van der Waals surface area contributed by atoms with Crippen LogP contribution < -0.4 is 15.2 Å². The van der Waals surface area contributed by atoms with E-state index < -0.39 is 0 Å². The average Bonchev–Trinajstić information content (AvgIpc) is 2.75. The molecule has 1 aliphatic rings. The lowest BCUT2D eigenvalue weighted by Crippen LogP contribution is -2.33. The molecule has 1 aliphatic carbocycles. The summed E-state index contributed by atoms with van der Waals surface area (Å²) < 4.78 is 10.9. The molecule has 1 aromatic carbocycles. The first-order chi connectivity index (χ1) is 8.24. The van der Waals surface area contributed by atoms with Crippen molar-refractivity contribution in [2.45, 2.75) is 31.4 Å². The van der Waals surface area contributed by atoms with Crippen molar-refractivity contribution in [1.82, 2.24) is 0 Å². The Kier molecular flexibility index (Phi) is 3.50. The van der Waals surface area contributed by atoms with Crippen molar-refractivity contribution in [3.63, 3.8) is 0 Å². The molecule has 2 rings (SSSR count). The average molecular weight is 232 g/mol. The molecular formula is C13H16N2O2. The lowest BCUT2D eigenvalue weighted by atomic mass is 10.2. The van der Waals surface area contributed by atoms with E-state index in [1.807, 2.05) is 0 Å². The highest BCUT2D eigenvalue weighted by molar-refractivity contribution is 5.47. The molecule has 4 heteroatoms. The van der Waals surface area contributed by atoms with Gasteiger partial charge in [-0.05, 0) is 31.4 Å². The number of nitrogens with two attached hydrogens (primary N) is 1. The molecule has 4 nitrogen and oxygen atoms in total. The summed E-state index contributed by atoms with van der Waals surface area (Å²) in [6, 6.07) is 7.37. The smallest absolute Gasteiger partial charge is 0.141 e. The van der Waals surface area contributed by atoms with E-state index in [0.29, 0.717) is 17.1 Å². The first-order valence-corrected chi connectivity index (χ1v) is 5.75. The van der Waals surface area contributed by atoms with Gasteiger partial charge in [0.2, 0.25) is 0 Å². The number of benzene rings is 1. The van der Waals surface area contributed by atoms with Crippen LogP contribution in [0.2, 0.25) is 0 Å². The van der Waals surface area contributed by atoms with Crippen LogP contribution in [0.3, 0.4) is 0 Å². The van der Waals surface area contributed by atoms with Gasteiger partial charge in [0.25, 0.3) is 0 Å². The van der Waals surface area contributed by atoms with E-state index in [1.54, 1.807) is 25.3 Å². The molecule has 0 aliphatic heterocycles. The first-order valence-electron chi connectivity index (χ1n) is 5.75. The Morgan fingerprint density at radius 1 is 1.41 bits per heavy atom. The SMILES string of the molecule is COc1ccc(C#N)c(OC2CCCC2N)c1. The Balaban J connectivity index is 2.21. The maximum Gasteiger partial charge on any atom is 0.141 e. The van der Waals surface area contributed by atoms with Crippen LogP contribution in [-0.2, 0) is 0 Å². The highest BCUT2D eigenvalue weighted by Gasteiger charge is 2.26. The summed E-state index contributed by atoms with van der Waals surface area (Å²) in [7, 11) is 1.59. The molecule has 0 spiro atoms. The fourth-order valence-corrected chi connectivity index (χ4v) is 2.08. The zero-order valence-corrected chi connectivity index (χ0v) is 9.85. The largest absolute Gasteiger partial charge is 0.497 e. The summed E-state index contributed by atoms with van der Waals surface area (Å²) in [5.74, 6) is 1.25. The van der Waals surface area contributed by atoms with E-state index in [1.165, 1.54) is 0 Å². The third kappa shape index (κ3) is 2.51. The molecule has 0 aromatic heterocycles. The number of methoxy groups -OCH3 is 1. The molecule has 17 heavy (non-hydrogen) atoms. The molecule has 0 amide bonds. The lowest BCUT2D eigenvalue weighted by molar-refractivity contribution is 0.190. The summed E-state index contributed by atoms with van der Waals surface area (Å²) in [6.45, 7) is 0. The maximum atomic E-state index is 9.02. The van der Waals surface area contributed by atoms with Crippen LogP contribution in [0.4, 0.5) is 0 Å². The highest BCUT2D eigenvalue weighted by atomic mass is 16.5. The molecule has 1 aromatic rings. The molecule has 90 valence electrons. The second kappa shape index (κ2) is 5.07. The third-order valence-electron chi connectivity index (χ3n) is 3.09. The summed E-state index contributed by atoms with van der Waals surface area (Å²) in [6.07, 6.45) is 3.02. The summed E-state index contributed by atoms with van der Waals surface area (Å²) in [5.41, 5.74) is 6.47. The van der Waals surface area contributed by atoms with Crippen LogP contribution in [0.1, 0.15) is 24.8 Å². The highest BCUT2D eigenvalue weighted by Crippen LogP contribution is 2.29. The zero-order valence-electron chi connectivity index (χ0n) is 9.85. The van der Waals surface area contributed by atoms with Crippen molar-refractivity contribution < 1.29 is 9.47 Å². The van der Waals surface area contributed by atoms with Gasteiger partial charge in [0.15, 0.2) is 0 Å². The van der Waals surface area contributed by atoms with E-state index in [4.69, 9.17) is 20.5 Å². The van der Waals surface area contributed by atoms with E-state index in [9.17, 15) is 0 Å². The van der Waals surface area contributed by atoms with E-state index in [-0.39, 0.29) is 12.1 Å². The van der Waals surface area contributed by atoms with Gasteiger partial charge in [0.1, 0.15) is 23.7 Å². The van der Waals surface area contributed by atoms with E-state index in [0.717, 1.165) is 19.3 Å². The molecule has 0 radical (unpaired) electrons. The number of hydrogen-bond donors (Lipinski definition) is 1. The second-order valence-electron chi connectivity index (χ2n) is 4.22. The maximum absolute atomic E-state index is 9.02. The normalized spacial score (nSPS) is 23.1. The van der Waals surface area contributed by atoms with Gasteiger partial charge in [-0.15, -0.1) is 0 Å². The monoisotopic (exact) mass is 232 g/mol. The zero-order chi connectivity index (χ0) is 12.3. The van der Waals surface area contributed by atoms with Crippen molar-refractivity contribution in [1.29, 1.82) is 5.26 Å². The molecule has 1 fully saturated rings. The molecule has 0 bridgehead atoms. The molecule has 2 atom stereocenters. The van der Waals surface area contributed by atoms with Crippen LogP contribution in [0.25, 0.3) is 0 Å². The Hall–Kier alpha value is -1.73. The molecule has 1 saturated carbocycles. The van der Waals surface area contributed by atoms with Gasteiger partial charge in [0, 0.05) is 12.1 Å². The van der Waals surface area contributed by atoms with E-state index >= 15 is 0 Å². The molecular weight excluding hydrogens is 216 g/mol. The standard InChI is InChI=1S/C13H16N2O2/c1-16-10-6-5-9(8-14)13(7-10)17-12-4-2-3-11(12)15/h5-7,11-12H,2-4,15H2,1H3. The van der Waals surface area contributed by atoms with Gasteiger partial charge in [-0.25, -0.2) is 0 Å².